The lowest BCUT2D eigenvalue weighted by Gasteiger charge is -2.13. The van der Waals surface area contributed by atoms with Crippen molar-refractivity contribution in [3.05, 3.63) is 22.7 Å². The number of halogens is 1. The molecule has 0 aromatic heterocycles. The van der Waals surface area contributed by atoms with E-state index in [9.17, 15) is 9.59 Å². The number of amides is 1. The quantitative estimate of drug-likeness (QED) is 0.783. The van der Waals surface area contributed by atoms with Gasteiger partial charge in [-0.3, -0.25) is 9.59 Å². The summed E-state index contributed by atoms with van der Waals surface area (Å²) in [6.45, 7) is 0.520. The summed E-state index contributed by atoms with van der Waals surface area (Å²) >= 11 is 5.86. The molecule has 5 nitrogen and oxygen atoms in total. The molecule has 1 N–H and O–H groups in total. The van der Waals surface area contributed by atoms with E-state index in [4.69, 9.17) is 21.1 Å². The fourth-order valence-electron chi connectivity index (χ4n) is 1.75. The Balaban J connectivity index is 1.99. The van der Waals surface area contributed by atoms with Crippen LogP contribution in [0.15, 0.2) is 12.1 Å². The summed E-state index contributed by atoms with van der Waals surface area (Å²) in [6, 6.07) is 3.00. The van der Waals surface area contributed by atoms with E-state index in [0.29, 0.717) is 29.5 Å². The van der Waals surface area contributed by atoms with Crippen molar-refractivity contribution in [2.45, 2.75) is 12.8 Å². The fourth-order valence-corrected chi connectivity index (χ4v) is 1.97. The maximum atomic E-state index is 11.6. The number of ether oxygens (including phenoxy) is 2. The van der Waals surface area contributed by atoms with Gasteiger partial charge in [-0.05, 0) is 24.8 Å². The Labute approximate surface area is 122 Å². The summed E-state index contributed by atoms with van der Waals surface area (Å²) in [5.74, 6) is 0.948. The molecule has 1 aliphatic carbocycles. The normalized spacial score (nSPS) is 13.7. The minimum Gasteiger partial charge on any atom is -0.493 e. The van der Waals surface area contributed by atoms with E-state index in [1.54, 1.807) is 0 Å². The van der Waals surface area contributed by atoms with Crippen LogP contribution >= 0.6 is 11.6 Å². The topological polar surface area (TPSA) is 64.6 Å². The van der Waals surface area contributed by atoms with Gasteiger partial charge in [0, 0.05) is 17.6 Å². The Morgan fingerprint density at radius 1 is 1.50 bits per heavy atom. The van der Waals surface area contributed by atoms with Crippen molar-refractivity contribution in [2.75, 3.05) is 20.3 Å². The second kappa shape index (κ2) is 6.61. The van der Waals surface area contributed by atoms with Gasteiger partial charge in [-0.1, -0.05) is 11.6 Å². The van der Waals surface area contributed by atoms with Gasteiger partial charge >= 0.3 is 0 Å². The van der Waals surface area contributed by atoms with Gasteiger partial charge < -0.3 is 14.8 Å². The molecule has 1 amide bonds. The molecular formula is C14H16ClNO4. The molecule has 1 saturated carbocycles. The largest absolute Gasteiger partial charge is 0.493 e. The number of benzene rings is 1. The lowest BCUT2D eigenvalue weighted by molar-refractivity contribution is -0.123. The van der Waals surface area contributed by atoms with Gasteiger partial charge in [0.05, 0.1) is 12.7 Å². The third kappa shape index (κ3) is 3.87. The summed E-state index contributed by atoms with van der Waals surface area (Å²) in [4.78, 5) is 22.6. The minimum atomic E-state index is -0.217. The van der Waals surface area contributed by atoms with Gasteiger partial charge in [-0.2, -0.15) is 0 Å². The maximum Gasteiger partial charge on any atom is 0.257 e. The molecule has 1 aromatic carbocycles. The second-order valence-electron chi connectivity index (χ2n) is 4.68. The number of hydrogen-bond acceptors (Lipinski definition) is 4. The van der Waals surface area contributed by atoms with Crippen molar-refractivity contribution in [3.63, 3.8) is 0 Å². The molecule has 1 fully saturated rings. The van der Waals surface area contributed by atoms with Crippen LogP contribution in [0.4, 0.5) is 0 Å². The third-order valence-corrected chi connectivity index (χ3v) is 3.25. The molecule has 1 aromatic rings. The highest BCUT2D eigenvalue weighted by Crippen LogP contribution is 2.33. The van der Waals surface area contributed by atoms with Crippen molar-refractivity contribution in [2.24, 2.45) is 5.92 Å². The fraction of sp³-hybridized carbons (Fsp3) is 0.429. The average Bonchev–Trinajstić information content (AvgIpc) is 3.26. The first-order valence-corrected chi connectivity index (χ1v) is 6.74. The van der Waals surface area contributed by atoms with E-state index in [2.05, 4.69) is 5.32 Å². The number of hydrogen-bond donors (Lipinski definition) is 1. The molecule has 108 valence electrons. The molecule has 0 saturated heterocycles. The SMILES string of the molecule is COc1cc(Cl)cc(C=O)c1OCC(=O)NCC1CC1. The lowest BCUT2D eigenvalue weighted by Crippen LogP contribution is -2.30. The molecule has 0 bridgehead atoms. The molecule has 0 radical (unpaired) electrons. The zero-order valence-electron chi connectivity index (χ0n) is 11.1. The number of rotatable bonds is 7. The van der Waals surface area contributed by atoms with E-state index in [1.807, 2.05) is 0 Å². The highest BCUT2D eigenvalue weighted by atomic mass is 35.5. The number of carbonyl (C=O) groups excluding carboxylic acids is 2. The van der Waals surface area contributed by atoms with Crippen molar-refractivity contribution in [1.29, 1.82) is 0 Å². The highest BCUT2D eigenvalue weighted by Gasteiger charge is 2.22. The average molecular weight is 298 g/mol. The van der Waals surface area contributed by atoms with Crippen molar-refractivity contribution >= 4 is 23.8 Å². The zero-order valence-corrected chi connectivity index (χ0v) is 11.9. The number of carbonyl (C=O) groups is 2. The summed E-state index contributed by atoms with van der Waals surface area (Å²) in [5, 5.41) is 3.15. The minimum absolute atomic E-state index is 0.161. The van der Waals surface area contributed by atoms with E-state index in [0.717, 1.165) is 0 Å². The zero-order chi connectivity index (χ0) is 14.5. The summed E-state index contributed by atoms with van der Waals surface area (Å²) < 4.78 is 10.5. The number of nitrogens with one attached hydrogen (secondary N) is 1. The summed E-state index contributed by atoms with van der Waals surface area (Å²) in [6.07, 6.45) is 2.95. The first-order valence-electron chi connectivity index (χ1n) is 6.36. The molecule has 1 aliphatic rings. The van der Waals surface area contributed by atoms with Crippen LogP contribution in [0.3, 0.4) is 0 Å². The summed E-state index contributed by atoms with van der Waals surface area (Å²) in [7, 11) is 1.44. The van der Waals surface area contributed by atoms with Crippen molar-refractivity contribution in [1.82, 2.24) is 5.32 Å². The Kier molecular flexibility index (Phi) is 4.84. The molecular weight excluding hydrogens is 282 g/mol. The number of aldehydes is 1. The predicted molar refractivity (Wildman–Crippen MR) is 74.6 cm³/mol. The van der Waals surface area contributed by atoms with Crippen LogP contribution < -0.4 is 14.8 Å². The molecule has 0 unspecified atom stereocenters. The Hall–Kier alpha value is -1.75. The van der Waals surface area contributed by atoms with Crippen LogP contribution in [0.1, 0.15) is 23.2 Å². The lowest BCUT2D eigenvalue weighted by atomic mass is 10.2. The van der Waals surface area contributed by atoms with Gasteiger partial charge in [0.25, 0.3) is 5.91 Å². The van der Waals surface area contributed by atoms with Crippen molar-refractivity contribution in [3.8, 4) is 11.5 Å². The molecule has 0 heterocycles. The van der Waals surface area contributed by atoms with Crippen LogP contribution in [-0.2, 0) is 4.79 Å². The summed E-state index contributed by atoms with van der Waals surface area (Å²) in [5.41, 5.74) is 0.254. The Bertz CT molecular complexity index is 514. The van der Waals surface area contributed by atoms with Crippen LogP contribution in [0.2, 0.25) is 5.02 Å². The molecule has 0 atom stereocenters. The Morgan fingerprint density at radius 2 is 2.25 bits per heavy atom. The first kappa shape index (κ1) is 14.7. The van der Waals surface area contributed by atoms with Gasteiger partial charge in [-0.25, -0.2) is 0 Å². The third-order valence-electron chi connectivity index (χ3n) is 3.03. The molecule has 6 heteroatoms. The molecule has 20 heavy (non-hydrogen) atoms. The maximum absolute atomic E-state index is 11.6. The smallest absolute Gasteiger partial charge is 0.257 e. The molecule has 0 spiro atoms. The van der Waals surface area contributed by atoms with E-state index >= 15 is 0 Å². The monoisotopic (exact) mass is 297 g/mol. The van der Waals surface area contributed by atoms with E-state index in [1.165, 1.54) is 32.1 Å². The van der Waals surface area contributed by atoms with Crippen LogP contribution in [0.25, 0.3) is 0 Å². The predicted octanol–water partition coefficient (Wildman–Crippen LogP) is 2.07. The molecule has 2 rings (SSSR count). The van der Waals surface area contributed by atoms with Gasteiger partial charge in [0.1, 0.15) is 0 Å². The van der Waals surface area contributed by atoms with Crippen LogP contribution in [-0.4, -0.2) is 32.5 Å². The molecule has 0 aliphatic heterocycles. The number of methoxy groups -OCH3 is 1. The second-order valence-corrected chi connectivity index (χ2v) is 5.12. The van der Waals surface area contributed by atoms with Crippen molar-refractivity contribution < 1.29 is 19.1 Å². The Morgan fingerprint density at radius 3 is 2.85 bits per heavy atom. The van der Waals surface area contributed by atoms with Gasteiger partial charge in [-0.15, -0.1) is 0 Å². The van der Waals surface area contributed by atoms with Crippen LogP contribution in [0.5, 0.6) is 11.5 Å². The van der Waals surface area contributed by atoms with Gasteiger partial charge in [0.2, 0.25) is 0 Å². The first-order chi connectivity index (χ1) is 9.63. The highest BCUT2D eigenvalue weighted by molar-refractivity contribution is 6.31. The standard InChI is InChI=1S/C14H16ClNO4/c1-19-12-5-11(15)4-10(7-17)14(12)20-8-13(18)16-6-9-2-3-9/h4-5,7,9H,2-3,6,8H2,1H3,(H,16,18). The van der Waals surface area contributed by atoms with E-state index in [-0.39, 0.29) is 23.8 Å². The van der Waals surface area contributed by atoms with E-state index < -0.39 is 0 Å². The van der Waals surface area contributed by atoms with Gasteiger partial charge in [0.15, 0.2) is 24.4 Å². The van der Waals surface area contributed by atoms with Crippen LogP contribution in [0, 0.1) is 5.92 Å².